The van der Waals surface area contributed by atoms with Crippen LogP contribution in [0.15, 0.2) is 48.7 Å². The summed E-state index contributed by atoms with van der Waals surface area (Å²) >= 11 is 0. The molecule has 3 aromatic rings. The zero-order valence-electron chi connectivity index (χ0n) is 27.0. The van der Waals surface area contributed by atoms with Crippen molar-refractivity contribution >= 4 is 34.4 Å². The number of allylic oxidation sites excluding steroid dienone is 1. The number of fused-ring (bicyclic) bond motifs is 2. The molecule has 1 aromatic heterocycles. The summed E-state index contributed by atoms with van der Waals surface area (Å²) in [5, 5.41) is 6.08. The number of ketones is 1. The van der Waals surface area contributed by atoms with Crippen molar-refractivity contribution in [3.8, 4) is 11.5 Å². The van der Waals surface area contributed by atoms with Crippen LogP contribution in [0.1, 0.15) is 101 Å². The van der Waals surface area contributed by atoms with Crippen molar-refractivity contribution in [3.05, 3.63) is 70.9 Å². The number of nitrogens with one attached hydrogen (secondary N) is 2. The van der Waals surface area contributed by atoms with E-state index in [9.17, 15) is 19.2 Å². The average Bonchev–Trinajstić information content (AvgIpc) is 3.82. The Bertz CT molecular complexity index is 1730. The maximum atomic E-state index is 14.0. The summed E-state index contributed by atoms with van der Waals surface area (Å²) in [7, 11) is 1.49. The second-order valence-corrected chi connectivity index (χ2v) is 12.9. The van der Waals surface area contributed by atoms with Gasteiger partial charge in [-0.05, 0) is 61.6 Å². The number of Topliss-reactive ketones (excluding diaryl/α,β-unsaturated/α-hetero) is 1. The fourth-order valence-electron chi connectivity index (χ4n) is 6.51. The Balaban J connectivity index is 1.19. The fraction of sp³-hybridized carbons (Fsp3) is 0.444. The maximum Gasteiger partial charge on any atom is 0.254 e. The monoisotopic (exact) mass is 626 g/mol. The molecular weight excluding hydrogens is 584 g/mol. The van der Waals surface area contributed by atoms with Gasteiger partial charge < -0.3 is 29.6 Å². The molecule has 0 radical (unpaired) electrons. The first kappa shape index (κ1) is 31.4. The molecule has 1 spiro atoms. The first-order valence-electron chi connectivity index (χ1n) is 16.2. The molecule has 46 heavy (non-hydrogen) atoms. The van der Waals surface area contributed by atoms with Crippen molar-refractivity contribution in [3.63, 3.8) is 0 Å². The standard InChI is InChI=1S/C36H42N4O6/c1-5-6-15-45-31-18-24(17-28-33(31)27(22(2)3)21-40(28)25-8-9-25)35(44)39-13-11-36(12-14-39)19-29(41)26-16-23(7-10-30(26)46-36)34(43)38-20-32(42)37-4/h5-7,10,16-18,21-22,25H,8-9,11-15,19-20H2,1-4H3,(H,37,42)(H,38,43)/b6-5+. The molecule has 0 atom stereocenters. The van der Waals surface area contributed by atoms with E-state index in [0.29, 0.717) is 61.4 Å². The Kier molecular flexibility index (Phi) is 8.63. The highest BCUT2D eigenvalue weighted by Gasteiger charge is 2.44. The van der Waals surface area contributed by atoms with Gasteiger partial charge in [-0.3, -0.25) is 19.2 Å². The highest BCUT2D eigenvalue weighted by Crippen LogP contribution is 2.44. The van der Waals surface area contributed by atoms with E-state index in [-0.39, 0.29) is 36.1 Å². The SMILES string of the molecule is C/C=C/COc1cc(C(=O)N2CCC3(CC2)CC(=O)c2cc(C(=O)NCC(=O)NC)ccc2O3)cc2c1c(C(C)C)cn2C1CC1. The minimum absolute atomic E-state index is 0.0581. The van der Waals surface area contributed by atoms with Gasteiger partial charge in [0.2, 0.25) is 5.91 Å². The molecule has 1 saturated heterocycles. The predicted molar refractivity (Wildman–Crippen MR) is 175 cm³/mol. The predicted octanol–water partition coefficient (Wildman–Crippen LogP) is 5.17. The topological polar surface area (TPSA) is 119 Å². The number of piperidine rings is 1. The molecule has 1 aliphatic carbocycles. The third kappa shape index (κ3) is 6.12. The minimum Gasteiger partial charge on any atom is -0.489 e. The lowest BCUT2D eigenvalue weighted by Gasteiger charge is -2.44. The molecule has 0 unspecified atom stereocenters. The zero-order valence-corrected chi connectivity index (χ0v) is 27.0. The summed E-state index contributed by atoms with van der Waals surface area (Å²) in [5.74, 6) is 0.569. The minimum atomic E-state index is -0.707. The second-order valence-electron chi connectivity index (χ2n) is 12.9. The van der Waals surface area contributed by atoms with Crippen LogP contribution in [0.4, 0.5) is 0 Å². The van der Waals surface area contributed by atoms with E-state index in [1.807, 2.05) is 36.1 Å². The number of likely N-dealkylation sites (N-methyl/N-ethyl adjacent to an activating group) is 1. The highest BCUT2D eigenvalue weighted by atomic mass is 16.5. The molecular formula is C36H42N4O6. The van der Waals surface area contributed by atoms with Crippen molar-refractivity contribution in [2.75, 3.05) is 33.3 Å². The van der Waals surface area contributed by atoms with Gasteiger partial charge in [0.15, 0.2) is 5.78 Å². The van der Waals surface area contributed by atoms with E-state index >= 15 is 0 Å². The van der Waals surface area contributed by atoms with Crippen molar-refractivity contribution in [1.82, 2.24) is 20.1 Å². The van der Waals surface area contributed by atoms with Gasteiger partial charge in [0.25, 0.3) is 11.8 Å². The van der Waals surface area contributed by atoms with Crippen LogP contribution in [0.2, 0.25) is 0 Å². The molecule has 3 heterocycles. The number of amides is 3. The molecule has 2 aliphatic heterocycles. The fourth-order valence-corrected chi connectivity index (χ4v) is 6.51. The lowest BCUT2D eigenvalue weighted by atomic mass is 9.82. The maximum absolute atomic E-state index is 14.0. The quantitative estimate of drug-likeness (QED) is 0.317. The number of carbonyl (C=O) groups is 4. The van der Waals surface area contributed by atoms with E-state index in [2.05, 4.69) is 35.2 Å². The third-order valence-corrected chi connectivity index (χ3v) is 9.31. The van der Waals surface area contributed by atoms with Crippen LogP contribution in [0.3, 0.4) is 0 Å². The smallest absolute Gasteiger partial charge is 0.254 e. The van der Waals surface area contributed by atoms with Gasteiger partial charge in [0.05, 0.1) is 24.0 Å². The van der Waals surface area contributed by atoms with Gasteiger partial charge >= 0.3 is 0 Å². The zero-order chi connectivity index (χ0) is 32.6. The third-order valence-electron chi connectivity index (χ3n) is 9.31. The Morgan fingerprint density at radius 1 is 1.11 bits per heavy atom. The molecule has 10 nitrogen and oxygen atoms in total. The van der Waals surface area contributed by atoms with Crippen LogP contribution in [0.25, 0.3) is 10.9 Å². The molecule has 3 aliphatic rings. The Labute approximate surface area is 269 Å². The first-order valence-corrected chi connectivity index (χ1v) is 16.2. The normalized spacial score (nSPS) is 17.3. The van der Waals surface area contributed by atoms with Crippen LogP contribution < -0.4 is 20.1 Å². The van der Waals surface area contributed by atoms with Gasteiger partial charge in [-0.2, -0.15) is 0 Å². The number of carbonyl (C=O) groups excluding carboxylic acids is 4. The van der Waals surface area contributed by atoms with Crippen molar-refractivity contribution < 1.29 is 28.7 Å². The lowest BCUT2D eigenvalue weighted by Crippen LogP contribution is -2.52. The van der Waals surface area contributed by atoms with Crippen molar-refractivity contribution in [2.24, 2.45) is 0 Å². The molecule has 1 saturated carbocycles. The summed E-state index contributed by atoms with van der Waals surface area (Å²) in [6.45, 7) is 7.51. The number of ether oxygens (including phenoxy) is 2. The van der Waals surface area contributed by atoms with Crippen LogP contribution >= 0.6 is 0 Å². The van der Waals surface area contributed by atoms with E-state index in [1.54, 1.807) is 12.1 Å². The molecule has 242 valence electrons. The molecule has 3 amide bonds. The second kappa shape index (κ2) is 12.7. The van der Waals surface area contributed by atoms with Crippen molar-refractivity contribution in [2.45, 2.75) is 70.4 Å². The summed E-state index contributed by atoms with van der Waals surface area (Å²) < 4.78 is 15.0. The number of hydrogen-bond acceptors (Lipinski definition) is 6. The number of rotatable bonds is 9. The van der Waals surface area contributed by atoms with Crippen molar-refractivity contribution in [1.29, 1.82) is 0 Å². The van der Waals surface area contributed by atoms with Gasteiger partial charge in [0, 0.05) is 61.7 Å². The van der Waals surface area contributed by atoms with Crippen LogP contribution in [0.5, 0.6) is 11.5 Å². The van der Waals surface area contributed by atoms with Gasteiger partial charge in [-0.1, -0.05) is 26.0 Å². The first-order chi connectivity index (χ1) is 22.1. The molecule has 2 aromatic carbocycles. The van der Waals surface area contributed by atoms with Crippen LogP contribution in [0, 0.1) is 0 Å². The summed E-state index contributed by atoms with van der Waals surface area (Å²) in [6.07, 6.45) is 9.63. The summed E-state index contributed by atoms with van der Waals surface area (Å²) in [4.78, 5) is 53.2. The van der Waals surface area contributed by atoms with Crippen LogP contribution in [-0.2, 0) is 4.79 Å². The molecule has 0 bridgehead atoms. The van der Waals surface area contributed by atoms with E-state index in [1.165, 1.54) is 18.7 Å². The van der Waals surface area contributed by atoms with Gasteiger partial charge in [-0.15, -0.1) is 0 Å². The largest absolute Gasteiger partial charge is 0.489 e. The Hall–Kier alpha value is -4.60. The van der Waals surface area contributed by atoms with Gasteiger partial charge in [-0.25, -0.2) is 0 Å². The van der Waals surface area contributed by atoms with Gasteiger partial charge in [0.1, 0.15) is 23.7 Å². The molecule has 2 fully saturated rings. The lowest BCUT2D eigenvalue weighted by molar-refractivity contribution is -0.119. The number of hydrogen-bond donors (Lipinski definition) is 2. The number of benzene rings is 2. The van der Waals surface area contributed by atoms with E-state index < -0.39 is 11.5 Å². The summed E-state index contributed by atoms with van der Waals surface area (Å²) in [6, 6.07) is 9.13. The molecule has 2 N–H and O–H groups in total. The Morgan fingerprint density at radius 3 is 2.54 bits per heavy atom. The Morgan fingerprint density at radius 2 is 1.87 bits per heavy atom. The number of likely N-dealkylation sites (tertiary alicyclic amines) is 1. The number of aromatic nitrogens is 1. The van der Waals surface area contributed by atoms with Crippen LogP contribution in [-0.4, -0.2) is 71.9 Å². The van der Waals surface area contributed by atoms with E-state index in [4.69, 9.17) is 9.47 Å². The van der Waals surface area contributed by atoms with E-state index in [0.717, 1.165) is 29.5 Å². The molecule has 10 heteroatoms. The highest BCUT2D eigenvalue weighted by molar-refractivity contribution is 6.04. The molecule has 6 rings (SSSR count). The summed E-state index contributed by atoms with van der Waals surface area (Å²) in [5.41, 5.74) is 2.81. The average molecular weight is 627 g/mol. The number of nitrogens with zero attached hydrogens (tertiary/aromatic N) is 2.